The van der Waals surface area contributed by atoms with Gasteiger partial charge in [-0.05, 0) is 12.8 Å². The number of unbranched alkanes of at least 4 members (excludes halogenated alkanes) is 2. The summed E-state index contributed by atoms with van der Waals surface area (Å²) >= 11 is -2.23. The van der Waals surface area contributed by atoms with Crippen LogP contribution in [0.5, 0.6) is 0 Å². The molecule has 0 fully saturated rings. The monoisotopic (exact) mass is 181 g/mol. The van der Waals surface area contributed by atoms with E-state index in [-0.39, 0.29) is 0 Å². The van der Waals surface area contributed by atoms with Gasteiger partial charge in [0.05, 0.1) is 0 Å². The van der Waals surface area contributed by atoms with E-state index in [1.807, 2.05) is 0 Å². The molecule has 0 amide bonds. The highest BCUT2D eigenvalue weighted by atomic mass is 32.2. The molecular formula is C6H15NO3S. The maximum Gasteiger partial charge on any atom is 0.303 e. The maximum atomic E-state index is 10.1. The first-order chi connectivity index (χ1) is 5.16. The fraction of sp³-hybridized carbons (Fsp3) is 1.00. The molecule has 0 heterocycles. The average Bonchev–Trinajstić information content (AvgIpc) is 1.86. The first kappa shape index (κ1) is 11.0. The fourth-order valence-corrected chi connectivity index (χ4v) is 1.06. The number of hydrogen-bond acceptors (Lipinski definition) is 3. The summed E-state index contributed by atoms with van der Waals surface area (Å²) in [6.45, 7) is 2.08. The van der Waals surface area contributed by atoms with Crippen LogP contribution < -0.4 is 5.73 Å². The lowest BCUT2D eigenvalue weighted by molar-refractivity contribution is 0.197. The van der Waals surface area contributed by atoms with Crippen molar-refractivity contribution < 1.29 is 12.9 Å². The Bertz CT molecular complexity index is 120. The van der Waals surface area contributed by atoms with Crippen LogP contribution >= 0.6 is 0 Å². The Kier molecular flexibility index (Phi) is 6.74. The van der Waals surface area contributed by atoms with Crippen molar-refractivity contribution in [2.75, 3.05) is 0 Å². The van der Waals surface area contributed by atoms with Crippen molar-refractivity contribution in [2.45, 2.75) is 38.8 Å². The summed E-state index contributed by atoms with van der Waals surface area (Å²) in [5.41, 5.74) is 5.34. The van der Waals surface area contributed by atoms with E-state index in [1.165, 1.54) is 0 Å². The molecule has 0 aromatic carbocycles. The Hall–Kier alpha value is 0.0300. The molecule has 11 heavy (non-hydrogen) atoms. The zero-order valence-corrected chi connectivity index (χ0v) is 7.47. The molecule has 4 nitrogen and oxygen atoms in total. The van der Waals surface area contributed by atoms with E-state index in [9.17, 15) is 4.21 Å². The fourth-order valence-electron chi connectivity index (χ4n) is 0.749. The Morgan fingerprint density at radius 3 is 2.73 bits per heavy atom. The minimum Gasteiger partial charge on any atom is -0.305 e. The average molecular weight is 181 g/mol. The molecule has 0 bridgehead atoms. The van der Waals surface area contributed by atoms with E-state index in [1.54, 1.807) is 0 Å². The first-order valence-electron chi connectivity index (χ1n) is 3.70. The predicted molar refractivity (Wildman–Crippen MR) is 44.0 cm³/mol. The molecule has 0 aromatic heterocycles. The highest BCUT2D eigenvalue weighted by Gasteiger charge is 2.04. The van der Waals surface area contributed by atoms with E-state index in [4.69, 9.17) is 10.3 Å². The van der Waals surface area contributed by atoms with Gasteiger partial charge in [0.2, 0.25) is 0 Å². The molecule has 0 spiro atoms. The summed E-state index contributed by atoms with van der Waals surface area (Å²) in [6, 6.07) is 0. The van der Waals surface area contributed by atoms with Crippen LogP contribution in [-0.2, 0) is 15.5 Å². The lowest BCUT2D eigenvalue weighted by Crippen LogP contribution is -2.24. The van der Waals surface area contributed by atoms with Gasteiger partial charge in [0.25, 0.3) is 0 Å². The highest BCUT2D eigenvalue weighted by molar-refractivity contribution is 7.74. The standard InChI is InChI=1S/C6H15NO3S/c1-2-3-4-5-6(7)10-11(8)9/h6H,2-5,7H2,1H3,(H,8,9). The van der Waals surface area contributed by atoms with E-state index in [0.717, 1.165) is 19.3 Å². The van der Waals surface area contributed by atoms with Gasteiger partial charge in [-0.25, -0.2) is 4.18 Å². The van der Waals surface area contributed by atoms with Gasteiger partial charge in [0, 0.05) is 0 Å². The number of nitrogens with two attached hydrogens (primary N) is 1. The predicted octanol–water partition coefficient (Wildman–Crippen LogP) is 1.00. The second-order valence-corrected chi connectivity index (χ2v) is 2.97. The summed E-state index contributed by atoms with van der Waals surface area (Å²) in [6.07, 6.45) is 3.16. The Morgan fingerprint density at radius 1 is 1.64 bits per heavy atom. The molecule has 0 rings (SSSR count). The van der Waals surface area contributed by atoms with Gasteiger partial charge in [-0.1, -0.05) is 19.8 Å². The first-order valence-corrected chi connectivity index (χ1v) is 4.73. The van der Waals surface area contributed by atoms with Crippen molar-refractivity contribution in [3.8, 4) is 0 Å². The smallest absolute Gasteiger partial charge is 0.303 e. The molecule has 0 saturated carbocycles. The molecule has 0 saturated heterocycles. The zero-order chi connectivity index (χ0) is 8.69. The van der Waals surface area contributed by atoms with Crippen LogP contribution in [0.1, 0.15) is 32.6 Å². The van der Waals surface area contributed by atoms with E-state index in [0.29, 0.717) is 6.42 Å². The molecule has 2 atom stereocenters. The zero-order valence-electron chi connectivity index (χ0n) is 6.66. The molecule has 0 aliphatic heterocycles. The van der Waals surface area contributed by atoms with Gasteiger partial charge in [-0.15, -0.1) is 0 Å². The molecule has 3 N–H and O–H groups in total. The second-order valence-electron chi connectivity index (χ2n) is 2.35. The van der Waals surface area contributed by atoms with Gasteiger partial charge in [-0.2, -0.15) is 4.21 Å². The van der Waals surface area contributed by atoms with Crippen LogP contribution in [0.3, 0.4) is 0 Å². The quantitative estimate of drug-likeness (QED) is 0.364. The Balaban J connectivity index is 3.22. The lowest BCUT2D eigenvalue weighted by atomic mass is 10.2. The van der Waals surface area contributed by atoms with Crippen LogP contribution in [0.2, 0.25) is 0 Å². The van der Waals surface area contributed by atoms with Crippen molar-refractivity contribution in [1.29, 1.82) is 0 Å². The molecule has 0 radical (unpaired) electrons. The van der Waals surface area contributed by atoms with Gasteiger partial charge in [0.1, 0.15) is 6.23 Å². The molecule has 2 unspecified atom stereocenters. The normalized spacial score (nSPS) is 16.3. The van der Waals surface area contributed by atoms with Crippen molar-refractivity contribution in [2.24, 2.45) is 5.73 Å². The lowest BCUT2D eigenvalue weighted by Gasteiger charge is -2.07. The topological polar surface area (TPSA) is 72.5 Å². The molecular weight excluding hydrogens is 166 g/mol. The van der Waals surface area contributed by atoms with Crippen molar-refractivity contribution in [3.63, 3.8) is 0 Å². The summed E-state index contributed by atoms with van der Waals surface area (Å²) in [5, 5.41) is 0. The largest absolute Gasteiger partial charge is 0.305 e. The minimum atomic E-state index is -2.23. The molecule has 0 aromatic rings. The number of rotatable bonds is 6. The van der Waals surface area contributed by atoms with E-state index < -0.39 is 17.6 Å². The van der Waals surface area contributed by atoms with Crippen molar-refractivity contribution in [3.05, 3.63) is 0 Å². The summed E-state index contributed by atoms with van der Waals surface area (Å²) in [4.78, 5) is 0. The molecule has 0 aliphatic carbocycles. The third kappa shape index (κ3) is 7.93. The van der Waals surface area contributed by atoms with Crippen LogP contribution in [0.15, 0.2) is 0 Å². The second kappa shape index (κ2) is 6.72. The molecule has 0 aliphatic rings. The SMILES string of the molecule is CCCCCC(N)OS(=O)O. The minimum absolute atomic E-state index is 0.604. The van der Waals surface area contributed by atoms with Gasteiger partial charge in [0.15, 0.2) is 0 Å². The number of hydrogen-bond donors (Lipinski definition) is 2. The van der Waals surface area contributed by atoms with Crippen molar-refractivity contribution in [1.82, 2.24) is 0 Å². The van der Waals surface area contributed by atoms with Crippen LogP contribution in [0, 0.1) is 0 Å². The van der Waals surface area contributed by atoms with Crippen molar-refractivity contribution >= 4 is 11.4 Å². The molecule has 5 heteroatoms. The maximum absolute atomic E-state index is 10.1. The highest BCUT2D eigenvalue weighted by Crippen LogP contribution is 2.02. The van der Waals surface area contributed by atoms with Gasteiger partial charge >= 0.3 is 11.4 Å². The third-order valence-corrected chi connectivity index (χ3v) is 1.71. The summed E-state index contributed by atoms with van der Waals surface area (Å²) in [7, 11) is 0. The van der Waals surface area contributed by atoms with Crippen LogP contribution in [-0.4, -0.2) is 15.0 Å². The van der Waals surface area contributed by atoms with Crippen LogP contribution in [0.4, 0.5) is 0 Å². The third-order valence-electron chi connectivity index (χ3n) is 1.30. The van der Waals surface area contributed by atoms with Crippen LogP contribution in [0.25, 0.3) is 0 Å². The van der Waals surface area contributed by atoms with E-state index >= 15 is 0 Å². The molecule has 68 valence electrons. The Morgan fingerprint density at radius 2 is 2.27 bits per heavy atom. The summed E-state index contributed by atoms with van der Waals surface area (Å²) < 4.78 is 22.7. The van der Waals surface area contributed by atoms with E-state index in [2.05, 4.69) is 11.1 Å². The van der Waals surface area contributed by atoms with Gasteiger partial charge in [-0.3, -0.25) is 4.55 Å². The van der Waals surface area contributed by atoms with Gasteiger partial charge < -0.3 is 5.73 Å². The summed E-state index contributed by atoms with van der Waals surface area (Å²) in [5.74, 6) is 0. The Labute approximate surface area is 69.6 Å².